The number of ether oxygens (including phenoxy) is 2. The lowest BCUT2D eigenvalue weighted by molar-refractivity contribution is -0.0630. The summed E-state index contributed by atoms with van der Waals surface area (Å²) in [6.07, 6.45) is 3.26. The zero-order valence-corrected chi connectivity index (χ0v) is 11.2. The fourth-order valence-electron chi connectivity index (χ4n) is 2.92. The average Bonchev–Trinajstić information content (AvgIpc) is 2.84. The molecule has 3 nitrogen and oxygen atoms in total. The Kier molecular flexibility index (Phi) is 5.73. The van der Waals surface area contributed by atoms with Gasteiger partial charge in [0.15, 0.2) is 0 Å². The lowest BCUT2D eigenvalue weighted by Crippen LogP contribution is -2.55. The SMILES string of the molecule is CCNC(C1CCOC1)C(CC)(CC)OC. The summed E-state index contributed by atoms with van der Waals surface area (Å²) in [4.78, 5) is 0. The monoisotopic (exact) mass is 229 g/mol. The minimum absolute atomic E-state index is 0.0334. The van der Waals surface area contributed by atoms with Gasteiger partial charge in [-0.3, -0.25) is 0 Å². The quantitative estimate of drug-likeness (QED) is 0.726. The number of rotatable bonds is 7. The first-order chi connectivity index (χ1) is 7.74. The Morgan fingerprint density at radius 2 is 2.06 bits per heavy atom. The second-order valence-corrected chi connectivity index (χ2v) is 4.64. The van der Waals surface area contributed by atoms with Gasteiger partial charge in [-0.25, -0.2) is 0 Å². The van der Waals surface area contributed by atoms with Gasteiger partial charge in [0.05, 0.1) is 12.2 Å². The predicted octanol–water partition coefficient (Wildman–Crippen LogP) is 2.21. The molecule has 1 saturated heterocycles. The molecule has 1 fully saturated rings. The van der Waals surface area contributed by atoms with E-state index in [0.29, 0.717) is 12.0 Å². The number of likely N-dealkylation sites (N-methyl/N-ethyl adjacent to an activating group) is 1. The fourth-order valence-corrected chi connectivity index (χ4v) is 2.92. The van der Waals surface area contributed by atoms with Crippen molar-refractivity contribution < 1.29 is 9.47 Å². The van der Waals surface area contributed by atoms with Gasteiger partial charge in [-0.15, -0.1) is 0 Å². The first-order valence-electron chi connectivity index (χ1n) is 6.60. The van der Waals surface area contributed by atoms with Crippen LogP contribution in [0.25, 0.3) is 0 Å². The first-order valence-corrected chi connectivity index (χ1v) is 6.60. The summed E-state index contributed by atoms with van der Waals surface area (Å²) < 4.78 is 11.4. The molecule has 2 unspecified atom stereocenters. The summed E-state index contributed by atoms with van der Waals surface area (Å²) in [5, 5.41) is 3.61. The van der Waals surface area contributed by atoms with Crippen molar-refractivity contribution in [1.29, 1.82) is 0 Å². The second kappa shape index (κ2) is 6.58. The molecule has 1 aliphatic rings. The maximum Gasteiger partial charge on any atom is 0.0829 e. The zero-order valence-electron chi connectivity index (χ0n) is 11.2. The number of methoxy groups -OCH3 is 1. The Balaban J connectivity index is 2.79. The van der Waals surface area contributed by atoms with E-state index in [1.165, 1.54) is 0 Å². The lowest BCUT2D eigenvalue weighted by atomic mass is 9.80. The summed E-state index contributed by atoms with van der Waals surface area (Å²) in [5.74, 6) is 0.597. The maximum absolute atomic E-state index is 5.85. The fraction of sp³-hybridized carbons (Fsp3) is 1.00. The Labute approximate surface area is 99.9 Å². The van der Waals surface area contributed by atoms with E-state index in [-0.39, 0.29) is 5.60 Å². The molecular weight excluding hydrogens is 202 g/mol. The van der Waals surface area contributed by atoms with E-state index in [2.05, 4.69) is 26.1 Å². The largest absolute Gasteiger partial charge is 0.381 e. The third-order valence-electron chi connectivity index (χ3n) is 4.03. The van der Waals surface area contributed by atoms with Crippen LogP contribution in [0.5, 0.6) is 0 Å². The van der Waals surface area contributed by atoms with Crippen molar-refractivity contribution in [2.24, 2.45) is 5.92 Å². The van der Waals surface area contributed by atoms with Gasteiger partial charge in [-0.2, -0.15) is 0 Å². The maximum atomic E-state index is 5.85. The van der Waals surface area contributed by atoms with Crippen molar-refractivity contribution in [1.82, 2.24) is 5.32 Å². The highest BCUT2D eigenvalue weighted by Crippen LogP contribution is 2.32. The zero-order chi connectivity index (χ0) is 12.0. The van der Waals surface area contributed by atoms with Crippen molar-refractivity contribution in [3.8, 4) is 0 Å². The normalized spacial score (nSPS) is 23.6. The van der Waals surface area contributed by atoms with E-state index < -0.39 is 0 Å². The molecule has 2 atom stereocenters. The van der Waals surface area contributed by atoms with E-state index >= 15 is 0 Å². The van der Waals surface area contributed by atoms with Gasteiger partial charge < -0.3 is 14.8 Å². The smallest absolute Gasteiger partial charge is 0.0829 e. The molecule has 0 aromatic rings. The van der Waals surface area contributed by atoms with Crippen LogP contribution in [0, 0.1) is 5.92 Å². The van der Waals surface area contributed by atoms with Crippen LogP contribution in [0.3, 0.4) is 0 Å². The minimum Gasteiger partial charge on any atom is -0.381 e. The summed E-state index contributed by atoms with van der Waals surface area (Å²) in [6.45, 7) is 9.36. The minimum atomic E-state index is -0.0334. The third kappa shape index (κ3) is 2.76. The van der Waals surface area contributed by atoms with Crippen LogP contribution in [0.15, 0.2) is 0 Å². The van der Waals surface area contributed by atoms with Crippen molar-refractivity contribution >= 4 is 0 Å². The summed E-state index contributed by atoms with van der Waals surface area (Å²) in [7, 11) is 1.84. The Hall–Kier alpha value is -0.120. The van der Waals surface area contributed by atoms with Crippen LogP contribution in [0.1, 0.15) is 40.0 Å². The molecule has 1 aliphatic heterocycles. The molecule has 0 amide bonds. The van der Waals surface area contributed by atoms with Crippen molar-refractivity contribution in [3.05, 3.63) is 0 Å². The molecule has 1 N–H and O–H groups in total. The molecular formula is C13H27NO2. The van der Waals surface area contributed by atoms with E-state index in [9.17, 15) is 0 Å². The van der Waals surface area contributed by atoms with Crippen LogP contribution in [0.2, 0.25) is 0 Å². The predicted molar refractivity (Wildman–Crippen MR) is 66.7 cm³/mol. The van der Waals surface area contributed by atoms with Gasteiger partial charge in [0, 0.05) is 25.7 Å². The molecule has 1 rings (SSSR count). The highest BCUT2D eigenvalue weighted by molar-refractivity contribution is 4.96. The molecule has 96 valence electrons. The van der Waals surface area contributed by atoms with Gasteiger partial charge >= 0.3 is 0 Å². The van der Waals surface area contributed by atoms with Crippen molar-refractivity contribution in [2.75, 3.05) is 26.9 Å². The molecule has 1 heterocycles. The molecule has 16 heavy (non-hydrogen) atoms. The van der Waals surface area contributed by atoms with Crippen LogP contribution in [0.4, 0.5) is 0 Å². The van der Waals surface area contributed by atoms with Crippen LogP contribution >= 0.6 is 0 Å². The topological polar surface area (TPSA) is 30.5 Å². The molecule has 0 saturated carbocycles. The van der Waals surface area contributed by atoms with E-state index in [4.69, 9.17) is 9.47 Å². The summed E-state index contributed by atoms with van der Waals surface area (Å²) >= 11 is 0. The van der Waals surface area contributed by atoms with Gasteiger partial charge in [0.2, 0.25) is 0 Å². The van der Waals surface area contributed by atoms with E-state index in [1.54, 1.807) is 0 Å². The summed E-state index contributed by atoms with van der Waals surface area (Å²) in [5.41, 5.74) is -0.0334. The molecule has 0 aromatic carbocycles. The lowest BCUT2D eigenvalue weighted by Gasteiger charge is -2.41. The van der Waals surface area contributed by atoms with Gasteiger partial charge in [-0.1, -0.05) is 20.8 Å². The van der Waals surface area contributed by atoms with Crippen molar-refractivity contribution in [3.63, 3.8) is 0 Å². The van der Waals surface area contributed by atoms with Crippen LogP contribution < -0.4 is 5.32 Å². The Morgan fingerprint density at radius 1 is 1.38 bits per heavy atom. The molecule has 0 aliphatic carbocycles. The highest BCUT2D eigenvalue weighted by Gasteiger charge is 2.41. The van der Waals surface area contributed by atoms with Gasteiger partial charge in [0.1, 0.15) is 0 Å². The number of hydrogen-bond acceptors (Lipinski definition) is 3. The number of nitrogens with one attached hydrogen (secondary N) is 1. The Morgan fingerprint density at radius 3 is 2.44 bits per heavy atom. The molecule has 0 bridgehead atoms. The second-order valence-electron chi connectivity index (χ2n) is 4.64. The average molecular weight is 229 g/mol. The highest BCUT2D eigenvalue weighted by atomic mass is 16.5. The van der Waals surface area contributed by atoms with Crippen LogP contribution in [-0.4, -0.2) is 38.5 Å². The number of hydrogen-bond donors (Lipinski definition) is 1. The van der Waals surface area contributed by atoms with Crippen molar-refractivity contribution in [2.45, 2.75) is 51.7 Å². The molecule has 3 heteroatoms. The van der Waals surface area contributed by atoms with Crippen LogP contribution in [-0.2, 0) is 9.47 Å². The van der Waals surface area contributed by atoms with E-state index in [0.717, 1.165) is 39.0 Å². The molecule has 0 radical (unpaired) electrons. The molecule has 0 aromatic heterocycles. The first kappa shape index (κ1) is 13.9. The summed E-state index contributed by atoms with van der Waals surface area (Å²) in [6, 6.07) is 0.417. The Bertz CT molecular complexity index is 178. The van der Waals surface area contributed by atoms with E-state index in [1.807, 2.05) is 7.11 Å². The van der Waals surface area contributed by atoms with Gasteiger partial charge in [-0.05, 0) is 25.8 Å². The molecule has 0 spiro atoms. The third-order valence-corrected chi connectivity index (χ3v) is 4.03. The van der Waals surface area contributed by atoms with Gasteiger partial charge in [0.25, 0.3) is 0 Å². The standard InChI is InChI=1S/C13H27NO2/c1-5-13(6-2,15-4)12(14-7-3)11-8-9-16-10-11/h11-12,14H,5-10H2,1-4H3.